The Kier molecular flexibility index (Phi) is 8.47. The number of rotatable bonds is 8. The molecule has 2 aromatic carbocycles. The predicted molar refractivity (Wildman–Crippen MR) is 146 cm³/mol. The minimum Gasteiger partial charge on any atom is -0.492 e. The molecule has 4 rings (SSSR count). The average molecular weight is 555 g/mol. The fourth-order valence-electron chi connectivity index (χ4n) is 5.66. The molecule has 2 aromatic rings. The maximum Gasteiger partial charge on any atom is 0.258 e. The van der Waals surface area contributed by atoms with Crippen LogP contribution in [0.1, 0.15) is 56.0 Å². The van der Waals surface area contributed by atoms with E-state index in [1.807, 2.05) is 0 Å². The number of benzene rings is 2. The van der Waals surface area contributed by atoms with Gasteiger partial charge in [-0.1, -0.05) is 18.2 Å². The summed E-state index contributed by atoms with van der Waals surface area (Å²) in [6.07, 6.45) is 0.705. The van der Waals surface area contributed by atoms with Crippen molar-refractivity contribution >= 4 is 11.8 Å². The van der Waals surface area contributed by atoms with Gasteiger partial charge in [-0.15, -0.1) is 0 Å². The molecule has 2 amide bonds. The van der Waals surface area contributed by atoms with E-state index < -0.39 is 34.9 Å². The van der Waals surface area contributed by atoms with E-state index in [9.17, 15) is 24.3 Å². The highest BCUT2D eigenvalue weighted by Crippen LogP contribution is 2.35. The molecule has 0 aliphatic carbocycles. The van der Waals surface area contributed by atoms with Crippen LogP contribution < -0.4 is 10.5 Å². The summed E-state index contributed by atoms with van der Waals surface area (Å²) in [7, 11) is 0. The molecule has 40 heavy (non-hydrogen) atoms. The van der Waals surface area contributed by atoms with Gasteiger partial charge in [0.1, 0.15) is 28.8 Å². The lowest BCUT2D eigenvalue weighted by Gasteiger charge is -2.34. The molecule has 2 aliphatic heterocycles. The highest BCUT2D eigenvalue weighted by Gasteiger charge is 2.49. The first-order valence-corrected chi connectivity index (χ1v) is 13.5. The summed E-state index contributed by atoms with van der Waals surface area (Å²) in [5.41, 5.74) is 3.47. The van der Waals surface area contributed by atoms with Gasteiger partial charge in [0.25, 0.3) is 5.91 Å². The van der Waals surface area contributed by atoms with Crippen molar-refractivity contribution in [1.82, 2.24) is 9.80 Å². The van der Waals surface area contributed by atoms with E-state index in [4.69, 9.17) is 10.5 Å². The van der Waals surface area contributed by atoms with Crippen LogP contribution in [0.2, 0.25) is 0 Å². The molecule has 2 heterocycles. The zero-order valence-corrected chi connectivity index (χ0v) is 23.1. The molecule has 2 aliphatic rings. The topological polar surface area (TPSA) is 120 Å². The summed E-state index contributed by atoms with van der Waals surface area (Å²) in [5, 5.41) is 20.0. The van der Waals surface area contributed by atoms with Gasteiger partial charge in [-0.2, -0.15) is 5.26 Å². The second kappa shape index (κ2) is 11.5. The fraction of sp³-hybridized carbons (Fsp3) is 0.500. The number of β-amino-alcohol motifs (C(OH)–C–C–N with tert-alkyl or cyclic N) is 1. The Bertz CT molecular complexity index is 1310. The molecule has 8 nitrogen and oxygen atoms in total. The van der Waals surface area contributed by atoms with E-state index in [1.165, 1.54) is 13.0 Å². The number of nitrogens with two attached hydrogens (primary N) is 1. The fourth-order valence-corrected chi connectivity index (χ4v) is 5.66. The number of piperidine rings is 1. The summed E-state index contributed by atoms with van der Waals surface area (Å²) >= 11 is 0. The number of hydrogen-bond donors (Lipinski definition) is 2. The number of aliphatic hydroxyl groups excluding tert-OH is 1. The third-order valence-corrected chi connectivity index (χ3v) is 7.82. The van der Waals surface area contributed by atoms with Crippen LogP contribution in [0.25, 0.3) is 11.1 Å². The molecule has 2 saturated heterocycles. The van der Waals surface area contributed by atoms with E-state index in [0.29, 0.717) is 24.5 Å². The van der Waals surface area contributed by atoms with Crippen molar-refractivity contribution in [3.63, 3.8) is 0 Å². The number of hydrogen-bond acceptors (Lipinski definition) is 6. The molecule has 0 saturated carbocycles. The lowest BCUT2D eigenvalue weighted by molar-refractivity contribution is -0.126. The van der Waals surface area contributed by atoms with Gasteiger partial charge < -0.3 is 25.4 Å². The van der Waals surface area contributed by atoms with Crippen LogP contribution >= 0.6 is 0 Å². The Morgan fingerprint density at radius 2 is 1.95 bits per heavy atom. The summed E-state index contributed by atoms with van der Waals surface area (Å²) < 4.78 is 35.1. The Labute approximate surface area is 233 Å². The summed E-state index contributed by atoms with van der Waals surface area (Å²) in [6.45, 7) is 6.82. The number of ether oxygens (including phenoxy) is 1. The molecule has 10 heteroatoms. The molecule has 3 N–H and O–H groups in total. The van der Waals surface area contributed by atoms with Gasteiger partial charge >= 0.3 is 0 Å². The molecule has 0 radical (unpaired) electrons. The second-order valence-corrected chi connectivity index (χ2v) is 11.6. The maximum absolute atomic E-state index is 15.2. The lowest BCUT2D eigenvalue weighted by Crippen LogP contribution is -2.54. The van der Waals surface area contributed by atoms with Gasteiger partial charge in [0, 0.05) is 19.5 Å². The molecule has 214 valence electrons. The average Bonchev–Trinajstić information content (AvgIpc) is 3.22. The smallest absolute Gasteiger partial charge is 0.258 e. The van der Waals surface area contributed by atoms with Crippen LogP contribution in [0.4, 0.5) is 8.78 Å². The largest absolute Gasteiger partial charge is 0.492 e. The minimum atomic E-state index is -1.47. The molecule has 0 bridgehead atoms. The van der Waals surface area contributed by atoms with Crippen LogP contribution in [-0.2, 0) is 4.79 Å². The van der Waals surface area contributed by atoms with Gasteiger partial charge in [-0.25, -0.2) is 8.78 Å². The first-order chi connectivity index (χ1) is 18.8. The maximum atomic E-state index is 15.2. The quantitative estimate of drug-likeness (QED) is 0.514. The zero-order valence-electron chi connectivity index (χ0n) is 23.1. The third-order valence-electron chi connectivity index (χ3n) is 7.82. The Morgan fingerprint density at radius 1 is 1.25 bits per heavy atom. The summed E-state index contributed by atoms with van der Waals surface area (Å²) in [4.78, 5) is 29.0. The number of nitriles is 1. The summed E-state index contributed by atoms with van der Waals surface area (Å²) in [5.74, 6) is -1.70. The monoisotopic (exact) mass is 554 g/mol. The van der Waals surface area contributed by atoms with E-state index in [0.717, 1.165) is 36.9 Å². The number of primary amides is 1. The first kappa shape index (κ1) is 29.4. The Hall–Kier alpha value is -3.55. The van der Waals surface area contributed by atoms with Crippen LogP contribution in [0.3, 0.4) is 0 Å². The van der Waals surface area contributed by atoms with E-state index >= 15 is 4.39 Å². The standard InChI is InChI=1S/C30H36F2N4O4/c1-29(2,32)18-35-11-9-19(10-12-35)17-40-25-8-7-20(13-21(25)15-33)23-5-4-6-24(31)26(23)27(38)36-16-22(37)14-30(36,3)28(34)39/h4-8,13,19,22,37H,9-12,14,16-18H2,1-3H3,(H2,34,39)/t22-,30+/m1/s1. The Morgan fingerprint density at radius 3 is 2.58 bits per heavy atom. The number of nitrogens with zero attached hydrogens (tertiary/aromatic N) is 3. The minimum absolute atomic E-state index is 0.0463. The van der Waals surface area contributed by atoms with E-state index in [2.05, 4.69) is 11.0 Å². The molecule has 2 fully saturated rings. The van der Waals surface area contributed by atoms with Crippen molar-refractivity contribution < 1.29 is 28.2 Å². The molecular weight excluding hydrogens is 518 g/mol. The van der Waals surface area contributed by atoms with Crippen molar-refractivity contribution in [2.24, 2.45) is 11.7 Å². The SMILES string of the molecule is CC(C)(F)CN1CCC(COc2ccc(-c3cccc(F)c3C(=O)N3C[C@H](O)C[C@@]3(C)C(N)=O)cc2C#N)CC1. The lowest BCUT2D eigenvalue weighted by atomic mass is 9.93. The van der Waals surface area contributed by atoms with Crippen molar-refractivity contribution in [3.8, 4) is 22.9 Å². The molecule has 2 atom stereocenters. The number of aliphatic hydroxyl groups is 1. The van der Waals surface area contributed by atoms with Crippen molar-refractivity contribution in [2.75, 3.05) is 32.8 Å². The van der Waals surface area contributed by atoms with Crippen molar-refractivity contribution in [2.45, 2.75) is 57.3 Å². The van der Waals surface area contributed by atoms with Gasteiger partial charge in [0.15, 0.2) is 0 Å². The van der Waals surface area contributed by atoms with Crippen molar-refractivity contribution in [1.29, 1.82) is 5.26 Å². The van der Waals surface area contributed by atoms with Gasteiger partial charge in [0.2, 0.25) is 5.91 Å². The number of carbonyl (C=O) groups is 2. The Balaban J connectivity index is 1.53. The van der Waals surface area contributed by atoms with E-state index in [1.54, 1.807) is 38.1 Å². The van der Waals surface area contributed by atoms with Crippen LogP contribution in [0.5, 0.6) is 5.75 Å². The van der Waals surface area contributed by atoms with Crippen LogP contribution in [0, 0.1) is 23.1 Å². The van der Waals surface area contributed by atoms with Crippen molar-refractivity contribution in [3.05, 3.63) is 53.3 Å². The van der Waals surface area contributed by atoms with Gasteiger partial charge in [0.05, 0.1) is 23.8 Å². The predicted octanol–water partition coefficient (Wildman–Crippen LogP) is 3.65. The first-order valence-electron chi connectivity index (χ1n) is 13.5. The number of amides is 2. The number of likely N-dealkylation sites (tertiary alicyclic amines) is 2. The van der Waals surface area contributed by atoms with Gasteiger partial charge in [-0.3, -0.25) is 9.59 Å². The molecule has 0 aromatic heterocycles. The molecule has 0 spiro atoms. The van der Waals surface area contributed by atoms with Gasteiger partial charge in [-0.05, 0) is 81.9 Å². The second-order valence-electron chi connectivity index (χ2n) is 11.6. The normalized spacial score (nSPS) is 22.2. The van der Waals surface area contributed by atoms with Crippen LogP contribution in [0.15, 0.2) is 36.4 Å². The zero-order chi connectivity index (χ0) is 29.2. The number of halogens is 2. The summed E-state index contributed by atoms with van der Waals surface area (Å²) in [6, 6.07) is 11.1. The number of carbonyl (C=O) groups excluding carboxylic acids is 2. The molecular formula is C30H36F2N4O4. The van der Waals surface area contributed by atoms with E-state index in [-0.39, 0.29) is 35.6 Å². The third kappa shape index (κ3) is 6.26. The highest BCUT2D eigenvalue weighted by atomic mass is 19.1. The van der Waals surface area contributed by atoms with Crippen LogP contribution in [-0.4, -0.2) is 76.8 Å². The molecule has 0 unspecified atom stereocenters. The number of alkyl halides is 1. The highest BCUT2D eigenvalue weighted by molar-refractivity contribution is 6.04.